The topological polar surface area (TPSA) is 61.3 Å². The first kappa shape index (κ1) is 30.9. The van der Waals surface area contributed by atoms with E-state index in [2.05, 4.69) is 71.7 Å². The number of allylic oxidation sites excluding steroid dienone is 2. The van der Waals surface area contributed by atoms with Crippen molar-refractivity contribution < 1.29 is 14.3 Å². The van der Waals surface area contributed by atoms with Gasteiger partial charge >= 0.3 is 5.97 Å². The summed E-state index contributed by atoms with van der Waals surface area (Å²) in [5.41, 5.74) is 4.85. The zero-order chi connectivity index (χ0) is 32.0. The number of benzene rings is 1. The minimum atomic E-state index is -0.424. The summed E-state index contributed by atoms with van der Waals surface area (Å²) < 4.78 is 12.1. The van der Waals surface area contributed by atoms with Gasteiger partial charge < -0.3 is 9.47 Å². The largest absolute Gasteiger partial charge is 0.481 e. The minimum Gasteiger partial charge on any atom is -0.481 e. The molecule has 0 spiro atoms. The van der Waals surface area contributed by atoms with Gasteiger partial charge in [0.05, 0.1) is 18.2 Å². The molecule has 3 saturated carbocycles. The summed E-state index contributed by atoms with van der Waals surface area (Å²) in [4.78, 5) is 23.8. The number of hydrogen-bond acceptors (Lipinski definition) is 5. The molecular weight excluding hydrogens is 556 g/mol. The van der Waals surface area contributed by atoms with Gasteiger partial charge in [-0.2, -0.15) is 0 Å². The van der Waals surface area contributed by atoms with Gasteiger partial charge in [0.1, 0.15) is 12.9 Å². The molecule has 0 radical (unpaired) electrons. The third-order valence-corrected chi connectivity index (χ3v) is 15.0. The van der Waals surface area contributed by atoms with E-state index in [1.807, 2.05) is 18.2 Å². The molecule has 9 atom stereocenters. The van der Waals surface area contributed by atoms with Gasteiger partial charge in [-0.1, -0.05) is 90.4 Å². The van der Waals surface area contributed by atoms with Gasteiger partial charge in [-0.3, -0.25) is 4.79 Å². The Morgan fingerprint density at radius 2 is 1.69 bits per heavy atom. The Morgan fingerprint density at radius 3 is 2.42 bits per heavy atom. The van der Waals surface area contributed by atoms with Gasteiger partial charge in [-0.25, -0.2) is 9.97 Å². The van der Waals surface area contributed by atoms with Crippen LogP contribution in [0.25, 0.3) is 0 Å². The number of esters is 1. The van der Waals surface area contributed by atoms with Crippen LogP contribution in [-0.4, -0.2) is 23.0 Å². The molecule has 0 aliphatic heterocycles. The van der Waals surface area contributed by atoms with Crippen LogP contribution in [0.4, 0.5) is 0 Å². The summed E-state index contributed by atoms with van der Waals surface area (Å²) in [5.74, 6) is 3.14. The fourth-order valence-electron chi connectivity index (χ4n) is 12.3. The average molecular weight is 611 g/mol. The molecule has 0 bridgehead atoms. The third-order valence-electron chi connectivity index (χ3n) is 15.0. The highest BCUT2D eigenvalue weighted by molar-refractivity contribution is 5.79. The molecule has 1 aromatic carbocycles. The second-order valence-electron chi connectivity index (χ2n) is 17.0. The predicted octanol–water partition coefficient (Wildman–Crippen LogP) is 8.90. The van der Waals surface area contributed by atoms with Crippen LogP contribution in [0.5, 0.6) is 5.88 Å². The van der Waals surface area contributed by atoms with E-state index >= 15 is 0 Å². The highest BCUT2D eigenvalue weighted by Crippen LogP contribution is 2.75. The number of rotatable bonds is 4. The molecule has 1 heterocycles. The van der Waals surface area contributed by atoms with Gasteiger partial charge in [0, 0.05) is 11.0 Å². The number of fused-ring (bicyclic) bond motifs is 8. The van der Waals surface area contributed by atoms with E-state index in [4.69, 9.17) is 14.5 Å². The van der Waals surface area contributed by atoms with Gasteiger partial charge in [0.25, 0.3) is 0 Å². The Morgan fingerprint density at radius 1 is 0.933 bits per heavy atom. The molecular formula is C40H54N2O3. The van der Waals surface area contributed by atoms with Crippen molar-refractivity contribution >= 4 is 5.97 Å². The van der Waals surface area contributed by atoms with Crippen molar-refractivity contribution in [2.45, 2.75) is 112 Å². The summed E-state index contributed by atoms with van der Waals surface area (Å²) >= 11 is 0. The summed E-state index contributed by atoms with van der Waals surface area (Å²) in [5, 5.41) is 0. The maximum atomic E-state index is 14.3. The maximum Gasteiger partial charge on any atom is 0.313 e. The number of carbonyl (C=O) groups is 1. The number of aromatic nitrogens is 2. The number of hydrogen-bond donors (Lipinski definition) is 0. The Kier molecular flexibility index (Phi) is 7.15. The van der Waals surface area contributed by atoms with Crippen LogP contribution < -0.4 is 4.74 Å². The standard InChI is InChI=1S/C40H54N2O3/c1-25-16-19-40(35(43)45-23-27-12-10-9-11-13-27)21-20-38(6)29(32(40)26(25)2)14-15-31-37(5)22-28-33(41-24-42-34(28)44-8)36(3,4)30(37)17-18-39(31,38)7/h9-14,24-26,30-32H,15-23H2,1-8H3/t25-,26+,30+,31-,32+,37+,38-,39-,40+/m1/s1. The highest BCUT2D eigenvalue weighted by atomic mass is 16.5. The molecule has 0 unspecified atom stereocenters. The molecule has 0 amide bonds. The van der Waals surface area contributed by atoms with Crippen LogP contribution in [-0.2, 0) is 28.0 Å². The predicted molar refractivity (Wildman–Crippen MR) is 178 cm³/mol. The van der Waals surface area contributed by atoms with E-state index in [1.54, 1.807) is 19.0 Å². The van der Waals surface area contributed by atoms with E-state index in [0.29, 0.717) is 30.3 Å². The molecule has 0 saturated heterocycles. The quantitative estimate of drug-likeness (QED) is 0.256. The lowest BCUT2D eigenvalue weighted by atomic mass is 9.33. The second-order valence-corrected chi connectivity index (χ2v) is 17.0. The second kappa shape index (κ2) is 10.4. The zero-order valence-corrected chi connectivity index (χ0v) is 28.9. The Hall–Kier alpha value is -2.69. The fourth-order valence-corrected chi connectivity index (χ4v) is 12.3. The summed E-state index contributed by atoms with van der Waals surface area (Å²) in [6.45, 7) is 17.8. The van der Waals surface area contributed by atoms with E-state index in [-0.39, 0.29) is 33.5 Å². The molecule has 2 aromatic rings. The smallest absolute Gasteiger partial charge is 0.313 e. The summed E-state index contributed by atoms with van der Waals surface area (Å²) in [6.07, 6.45) is 12.8. The number of ether oxygens (including phenoxy) is 2. The van der Waals surface area contributed by atoms with Crippen molar-refractivity contribution in [2.75, 3.05) is 7.11 Å². The van der Waals surface area contributed by atoms with Crippen molar-refractivity contribution in [1.29, 1.82) is 0 Å². The first-order chi connectivity index (χ1) is 21.3. The molecule has 7 rings (SSSR count). The SMILES string of the molecule is COc1ncnc2c1C[C@]1(C)[C@H]3CC=C4[C@@H]5[C@@H](C)[C@H](C)CC[C@]5(C(=O)OCc5ccccc5)CC[C@@]4(C)[C@]3(C)CC[C@H]1C2(C)C. The van der Waals surface area contributed by atoms with Crippen LogP contribution in [0.3, 0.4) is 0 Å². The van der Waals surface area contributed by atoms with Crippen LogP contribution in [0.15, 0.2) is 48.3 Å². The van der Waals surface area contributed by atoms with Crippen LogP contribution in [0.2, 0.25) is 0 Å². The van der Waals surface area contributed by atoms with Crippen molar-refractivity contribution in [2.24, 2.45) is 51.2 Å². The van der Waals surface area contributed by atoms with E-state index in [1.165, 1.54) is 24.1 Å². The van der Waals surface area contributed by atoms with Crippen molar-refractivity contribution in [1.82, 2.24) is 9.97 Å². The number of methoxy groups -OCH3 is 1. The van der Waals surface area contributed by atoms with Crippen molar-refractivity contribution in [3.05, 3.63) is 65.1 Å². The molecule has 1 aromatic heterocycles. The molecule has 5 aliphatic carbocycles. The van der Waals surface area contributed by atoms with Crippen molar-refractivity contribution in [3.8, 4) is 5.88 Å². The highest BCUT2D eigenvalue weighted by Gasteiger charge is 2.69. The number of nitrogens with zero attached hydrogens (tertiary/aromatic N) is 2. The van der Waals surface area contributed by atoms with Crippen LogP contribution in [0.1, 0.15) is 110 Å². The first-order valence-corrected chi connectivity index (χ1v) is 17.6. The monoisotopic (exact) mass is 610 g/mol. The van der Waals surface area contributed by atoms with Gasteiger partial charge in [-0.05, 0) is 103 Å². The summed E-state index contributed by atoms with van der Waals surface area (Å²) in [7, 11) is 1.75. The minimum absolute atomic E-state index is 0.0405. The molecule has 3 fully saturated rings. The third kappa shape index (κ3) is 4.13. The van der Waals surface area contributed by atoms with Gasteiger partial charge in [-0.15, -0.1) is 0 Å². The lowest BCUT2D eigenvalue weighted by molar-refractivity contribution is -0.184. The lowest BCUT2D eigenvalue weighted by Gasteiger charge is -2.70. The first-order valence-electron chi connectivity index (χ1n) is 17.6. The van der Waals surface area contributed by atoms with Crippen LogP contribution >= 0.6 is 0 Å². The molecule has 5 heteroatoms. The molecule has 242 valence electrons. The Bertz CT molecular complexity index is 1520. The van der Waals surface area contributed by atoms with Gasteiger partial charge in [0.2, 0.25) is 5.88 Å². The molecule has 45 heavy (non-hydrogen) atoms. The van der Waals surface area contributed by atoms with E-state index in [0.717, 1.165) is 50.0 Å². The van der Waals surface area contributed by atoms with Crippen LogP contribution in [0, 0.1) is 51.2 Å². The zero-order valence-electron chi connectivity index (χ0n) is 28.9. The fraction of sp³-hybridized carbons (Fsp3) is 0.675. The van der Waals surface area contributed by atoms with Gasteiger partial charge in [0.15, 0.2) is 0 Å². The molecule has 0 N–H and O–H groups in total. The maximum absolute atomic E-state index is 14.3. The Labute approximate surface area is 271 Å². The normalized spacial score (nSPS) is 41.2. The van der Waals surface area contributed by atoms with Crippen molar-refractivity contribution in [3.63, 3.8) is 0 Å². The summed E-state index contributed by atoms with van der Waals surface area (Å²) in [6, 6.07) is 10.2. The average Bonchev–Trinajstić information content (AvgIpc) is 3.02. The molecule has 5 aliphatic rings. The van der Waals surface area contributed by atoms with E-state index in [9.17, 15) is 4.79 Å². The van der Waals surface area contributed by atoms with E-state index < -0.39 is 5.41 Å². The lowest BCUT2D eigenvalue weighted by Crippen LogP contribution is -2.65. The Balaban J connectivity index is 1.28. The molecule has 5 nitrogen and oxygen atoms in total. The number of carbonyl (C=O) groups excluding carboxylic acids is 1.